The first kappa shape index (κ1) is 37.7. The van der Waals surface area contributed by atoms with E-state index in [2.05, 4.69) is 21.5 Å². The lowest BCUT2D eigenvalue weighted by Gasteiger charge is -2.56. The summed E-state index contributed by atoms with van der Waals surface area (Å²) >= 11 is 0. The van der Waals surface area contributed by atoms with Crippen LogP contribution in [0.4, 0.5) is 0 Å². The largest absolute Gasteiger partial charge is 0.508 e. The number of oxime groups is 1. The number of rotatable bonds is 15. The Morgan fingerprint density at radius 3 is 2.50 bits per heavy atom. The maximum absolute atomic E-state index is 13.6. The molecule has 1 saturated heterocycles. The Morgan fingerprint density at radius 1 is 1.04 bits per heavy atom. The van der Waals surface area contributed by atoms with Crippen LogP contribution in [-0.2, 0) is 19.0 Å². The molecule has 15 nitrogen and oxygen atoms in total. The number of allylic oxidation sites excluding steroid dienone is 1. The van der Waals surface area contributed by atoms with Gasteiger partial charge in [-0.3, -0.25) is 0 Å². The van der Waals surface area contributed by atoms with Crippen LogP contribution in [0, 0.1) is 17.8 Å². The number of unbranched alkanes of at least 4 members (excludes halogenated alkanes) is 2. The number of ether oxygens (including phenoxy) is 4. The van der Waals surface area contributed by atoms with Gasteiger partial charge in [0.25, 0.3) is 0 Å². The Bertz CT molecular complexity index is 1640. The van der Waals surface area contributed by atoms with E-state index in [1.807, 2.05) is 0 Å². The van der Waals surface area contributed by atoms with E-state index in [4.69, 9.17) is 23.8 Å². The standard InChI is InChI=1S/C37H50N4O11/c1-3-48-35(45)33-34(36(46)49-4-2)41(40-38-33)29-21-27(39-52-30-13-7-10-18-50-30)25-19-22(11-5-8-16-42)24(12-6-9-17-43)31-26-20-23(44)14-15-28(26)51-37(29,47)32(25)31/h14-15,19-20,22,24,29-32,42-44,47H,3-13,16-18,21H2,1-2H3. The predicted octanol–water partition coefficient (Wildman–Crippen LogP) is 4.16. The van der Waals surface area contributed by atoms with Crippen molar-refractivity contribution < 1.29 is 53.8 Å². The first-order valence-electron chi connectivity index (χ1n) is 18.6. The minimum absolute atomic E-state index is 0.00128. The fourth-order valence-corrected chi connectivity index (χ4v) is 8.36. The number of aromatic hydroxyl groups is 1. The van der Waals surface area contributed by atoms with Crippen molar-refractivity contribution in [3.8, 4) is 11.5 Å². The molecule has 2 aliphatic carbocycles. The fraction of sp³-hybridized carbons (Fsp3) is 0.649. The summed E-state index contributed by atoms with van der Waals surface area (Å²) in [6.45, 7) is 3.93. The highest BCUT2D eigenvalue weighted by atomic mass is 16.8. The molecule has 0 bridgehead atoms. The molecule has 4 aliphatic rings. The van der Waals surface area contributed by atoms with E-state index in [1.54, 1.807) is 26.0 Å². The van der Waals surface area contributed by atoms with Crippen LogP contribution in [0.3, 0.4) is 0 Å². The third-order valence-corrected chi connectivity index (χ3v) is 10.6. The quantitative estimate of drug-likeness (QED) is 0.116. The van der Waals surface area contributed by atoms with Gasteiger partial charge in [-0.25, -0.2) is 14.3 Å². The lowest BCUT2D eigenvalue weighted by Crippen LogP contribution is -2.62. The molecule has 52 heavy (non-hydrogen) atoms. The normalized spacial score (nSPS) is 28.6. The van der Waals surface area contributed by atoms with Gasteiger partial charge in [-0.1, -0.05) is 29.3 Å². The summed E-state index contributed by atoms with van der Waals surface area (Å²) in [5, 5.41) is 56.3. The zero-order chi connectivity index (χ0) is 36.8. The van der Waals surface area contributed by atoms with E-state index in [-0.39, 0.29) is 61.8 Å². The summed E-state index contributed by atoms with van der Waals surface area (Å²) in [6, 6.07) is 3.59. The van der Waals surface area contributed by atoms with Gasteiger partial charge in [-0.15, -0.1) is 5.10 Å². The number of esters is 2. The maximum atomic E-state index is 13.6. The molecule has 6 rings (SSSR count). The lowest BCUT2D eigenvalue weighted by atomic mass is 9.55. The van der Waals surface area contributed by atoms with Crippen molar-refractivity contribution in [2.75, 3.05) is 33.0 Å². The molecule has 0 radical (unpaired) electrons. The molecule has 0 spiro atoms. The molecule has 2 aromatic rings. The number of benzene rings is 1. The third-order valence-electron chi connectivity index (χ3n) is 10.6. The van der Waals surface area contributed by atoms with Gasteiger partial charge < -0.3 is 44.2 Å². The van der Waals surface area contributed by atoms with Crippen molar-refractivity contribution in [2.45, 2.75) is 102 Å². The van der Waals surface area contributed by atoms with Gasteiger partial charge in [-0.05, 0) is 88.0 Å². The van der Waals surface area contributed by atoms with Gasteiger partial charge in [0.05, 0.1) is 31.5 Å². The van der Waals surface area contributed by atoms with Crippen LogP contribution in [0.25, 0.3) is 0 Å². The van der Waals surface area contributed by atoms with Crippen molar-refractivity contribution in [3.05, 3.63) is 46.8 Å². The van der Waals surface area contributed by atoms with Crippen LogP contribution in [0.2, 0.25) is 0 Å². The Morgan fingerprint density at radius 2 is 1.79 bits per heavy atom. The number of fused-ring (bicyclic) bond motifs is 2. The highest BCUT2D eigenvalue weighted by Gasteiger charge is 2.64. The molecule has 0 amide bonds. The fourth-order valence-electron chi connectivity index (χ4n) is 8.36. The van der Waals surface area contributed by atoms with E-state index in [0.29, 0.717) is 61.3 Å². The number of hydrogen-bond acceptors (Lipinski definition) is 14. The highest BCUT2D eigenvalue weighted by Crippen LogP contribution is 2.62. The minimum atomic E-state index is -2.08. The molecule has 15 heteroatoms. The number of phenolic OH excluding ortho intramolecular Hbond substituents is 1. The van der Waals surface area contributed by atoms with Crippen molar-refractivity contribution in [3.63, 3.8) is 0 Å². The zero-order valence-corrected chi connectivity index (χ0v) is 29.8. The smallest absolute Gasteiger partial charge is 0.361 e. The average Bonchev–Trinajstić information content (AvgIpc) is 3.58. The Hall–Kier alpha value is -4.05. The number of carbonyl (C=O) groups excluding carboxylic acids is 2. The van der Waals surface area contributed by atoms with Gasteiger partial charge >= 0.3 is 11.9 Å². The van der Waals surface area contributed by atoms with Gasteiger partial charge in [-0.2, -0.15) is 0 Å². The highest BCUT2D eigenvalue weighted by molar-refractivity contribution is 6.03. The van der Waals surface area contributed by atoms with Crippen molar-refractivity contribution in [2.24, 2.45) is 22.9 Å². The molecule has 1 aromatic carbocycles. The van der Waals surface area contributed by atoms with Crippen molar-refractivity contribution in [1.29, 1.82) is 0 Å². The summed E-state index contributed by atoms with van der Waals surface area (Å²) in [6.07, 6.45) is 8.12. The Labute approximate surface area is 302 Å². The first-order chi connectivity index (χ1) is 25.2. The van der Waals surface area contributed by atoms with Gasteiger partial charge in [0.1, 0.15) is 17.5 Å². The molecular weight excluding hydrogens is 676 g/mol. The molecule has 3 heterocycles. The Kier molecular flexibility index (Phi) is 12.1. The molecule has 2 aliphatic heterocycles. The lowest BCUT2D eigenvalue weighted by molar-refractivity contribution is -0.225. The number of aromatic nitrogens is 3. The van der Waals surface area contributed by atoms with Crippen molar-refractivity contribution in [1.82, 2.24) is 15.0 Å². The van der Waals surface area contributed by atoms with E-state index in [9.17, 15) is 30.0 Å². The second-order valence-electron chi connectivity index (χ2n) is 13.8. The van der Waals surface area contributed by atoms with Crippen LogP contribution in [0.5, 0.6) is 11.5 Å². The number of nitrogens with zero attached hydrogens (tertiary/aromatic N) is 4. The maximum Gasteiger partial charge on any atom is 0.361 e. The van der Waals surface area contributed by atoms with Crippen LogP contribution < -0.4 is 4.74 Å². The summed E-state index contributed by atoms with van der Waals surface area (Å²) in [4.78, 5) is 32.7. The summed E-state index contributed by atoms with van der Waals surface area (Å²) in [5.41, 5.74) is 1.23. The van der Waals surface area contributed by atoms with Crippen LogP contribution in [0.15, 0.2) is 35.0 Å². The topological polar surface area (TPSA) is 204 Å². The average molecular weight is 727 g/mol. The van der Waals surface area contributed by atoms with Gasteiger partial charge in [0.2, 0.25) is 17.8 Å². The summed E-state index contributed by atoms with van der Waals surface area (Å²) < 4.78 is 24.2. The predicted molar refractivity (Wildman–Crippen MR) is 185 cm³/mol. The number of aliphatic hydroxyl groups is 3. The van der Waals surface area contributed by atoms with E-state index < -0.39 is 41.9 Å². The number of aliphatic hydroxyl groups excluding tert-OH is 2. The number of carbonyl (C=O) groups is 2. The Balaban J connectivity index is 1.56. The molecule has 1 aromatic heterocycles. The summed E-state index contributed by atoms with van der Waals surface area (Å²) in [7, 11) is 0. The van der Waals surface area contributed by atoms with Gasteiger partial charge in [0.15, 0.2) is 5.69 Å². The molecule has 284 valence electrons. The van der Waals surface area contributed by atoms with Crippen LogP contribution in [0.1, 0.15) is 117 Å². The monoisotopic (exact) mass is 726 g/mol. The molecular formula is C37H50N4O11. The molecule has 1 saturated carbocycles. The molecule has 7 atom stereocenters. The third kappa shape index (κ3) is 7.41. The zero-order valence-electron chi connectivity index (χ0n) is 29.8. The van der Waals surface area contributed by atoms with E-state index >= 15 is 0 Å². The van der Waals surface area contributed by atoms with Crippen LogP contribution >= 0.6 is 0 Å². The number of hydrogen-bond donors (Lipinski definition) is 4. The van der Waals surface area contributed by atoms with Gasteiger partial charge in [0, 0.05) is 37.5 Å². The van der Waals surface area contributed by atoms with E-state index in [0.717, 1.165) is 25.7 Å². The minimum Gasteiger partial charge on any atom is -0.508 e. The molecule has 4 N–H and O–H groups in total. The second-order valence-corrected chi connectivity index (χ2v) is 13.8. The van der Waals surface area contributed by atoms with Crippen molar-refractivity contribution >= 4 is 17.7 Å². The SMILES string of the molecule is CCOC(=O)c1nnn(C2CC(=NOC3CCCCO3)C3=CC(CCCCO)C(CCCCO)C4c5cc(O)ccc5OC2(O)C34)c1C(=O)OCC. The first-order valence-corrected chi connectivity index (χ1v) is 18.6. The van der Waals surface area contributed by atoms with Crippen LogP contribution in [-0.4, -0.2) is 98.2 Å². The molecule has 2 fully saturated rings. The van der Waals surface area contributed by atoms with E-state index in [1.165, 1.54) is 10.7 Å². The number of phenols is 1. The second kappa shape index (κ2) is 16.7. The summed E-state index contributed by atoms with van der Waals surface area (Å²) in [5.74, 6) is -4.80. The molecule has 7 unspecified atom stereocenters.